The fourth-order valence-electron chi connectivity index (χ4n) is 0.529. The highest BCUT2D eigenvalue weighted by Gasteiger charge is 2.10. The van der Waals surface area contributed by atoms with Crippen LogP contribution in [0.15, 0.2) is 11.2 Å². The lowest BCUT2D eigenvalue weighted by Crippen LogP contribution is -1.97. The zero-order valence-corrected chi connectivity index (χ0v) is 7.24. The van der Waals surface area contributed by atoms with E-state index in [1.54, 1.807) is 6.92 Å². The molecule has 0 aliphatic carbocycles. The van der Waals surface area contributed by atoms with Crippen LogP contribution in [-0.4, -0.2) is 22.9 Å². The molecule has 5 nitrogen and oxygen atoms in total. The van der Waals surface area contributed by atoms with Crippen LogP contribution in [0, 0.1) is 6.92 Å². The van der Waals surface area contributed by atoms with Crippen molar-refractivity contribution in [1.82, 2.24) is 9.97 Å². The Kier molecular flexibility index (Phi) is 3.03. The average molecular weight is 199 g/mol. The van der Waals surface area contributed by atoms with Gasteiger partial charge < -0.3 is 4.98 Å². The van der Waals surface area contributed by atoms with Crippen molar-refractivity contribution in [2.24, 2.45) is 0 Å². The van der Waals surface area contributed by atoms with E-state index in [0.717, 1.165) is 6.20 Å². The topological polar surface area (TPSA) is 83.1 Å². The second kappa shape index (κ2) is 3.21. The summed E-state index contributed by atoms with van der Waals surface area (Å²) >= 11 is 0. The van der Waals surface area contributed by atoms with Crippen LogP contribution in [-0.2, 0) is 10.1 Å². The summed E-state index contributed by atoms with van der Waals surface area (Å²) in [5, 5.41) is -0.273. The van der Waals surface area contributed by atoms with Gasteiger partial charge in [-0.05, 0) is 6.92 Å². The van der Waals surface area contributed by atoms with E-state index in [1.165, 1.54) is 0 Å². The lowest BCUT2D eigenvalue weighted by atomic mass is 10.8. The molecule has 11 heavy (non-hydrogen) atoms. The minimum atomic E-state index is -4.10. The van der Waals surface area contributed by atoms with Crippen molar-refractivity contribution >= 4 is 22.5 Å². The molecule has 1 heterocycles. The van der Waals surface area contributed by atoms with Crippen LogP contribution in [0.1, 0.15) is 5.82 Å². The Bertz CT molecular complexity index is 331. The molecule has 2 N–H and O–H groups in total. The maximum Gasteiger partial charge on any atom is 0.311 e. The predicted molar refractivity (Wildman–Crippen MR) is 40.4 cm³/mol. The fourth-order valence-corrected chi connectivity index (χ4v) is 0.992. The average Bonchev–Trinajstić information content (AvgIpc) is 2.11. The first-order chi connectivity index (χ1) is 4.50. The zero-order chi connectivity index (χ0) is 7.78. The third-order valence-electron chi connectivity index (χ3n) is 0.957. The van der Waals surface area contributed by atoms with Gasteiger partial charge in [-0.15, -0.1) is 12.4 Å². The van der Waals surface area contributed by atoms with Gasteiger partial charge in [-0.3, -0.25) is 4.55 Å². The molecule has 1 aromatic heterocycles. The maximum atomic E-state index is 10.3. The Morgan fingerprint density at radius 2 is 2.18 bits per heavy atom. The molecule has 1 rings (SSSR count). The number of hydrogen-bond acceptors (Lipinski definition) is 3. The largest absolute Gasteiger partial charge is 0.331 e. The van der Waals surface area contributed by atoms with Gasteiger partial charge in [0.25, 0.3) is 0 Å². The molecule has 1 aromatic rings. The summed E-state index contributed by atoms with van der Waals surface area (Å²) in [6.45, 7) is 1.59. The van der Waals surface area contributed by atoms with Crippen molar-refractivity contribution in [3.05, 3.63) is 12.0 Å². The van der Waals surface area contributed by atoms with Crippen molar-refractivity contribution in [2.75, 3.05) is 0 Å². The number of imidazole rings is 1. The first kappa shape index (κ1) is 10.4. The Hall–Kier alpha value is -0.590. The van der Waals surface area contributed by atoms with Crippen molar-refractivity contribution in [3.63, 3.8) is 0 Å². The monoisotopic (exact) mass is 198 g/mol. The highest BCUT2D eigenvalue weighted by molar-refractivity contribution is 7.85. The molecule has 0 bridgehead atoms. The summed E-state index contributed by atoms with van der Waals surface area (Å²) in [4.78, 5) is 5.96. The van der Waals surface area contributed by atoms with Crippen molar-refractivity contribution in [1.29, 1.82) is 0 Å². The van der Waals surface area contributed by atoms with E-state index in [2.05, 4.69) is 9.97 Å². The van der Waals surface area contributed by atoms with Crippen LogP contribution < -0.4 is 0 Å². The van der Waals surface area contributed by atoms with Crippen LogP contribution in [0.5, 0.6) is 0 Å². The molecular formula is C4H7ClN2O3S. The number of aromatic nitrogens is 2. The minimum absolute atomic E-state index is 0. The van der Waals surface area contributed by atoms with Crippen LogP contribution >= 0.6 is 12.4 Å². The van der Waals surface area contributed by atoms with E-state index < -0.39 is 10.1 Å². The third-order valence-corrected chi connectivity index (χ3v) is 1.72. The van der Waals surface area contributed by atoms with Gasteiger partial charge in [0.05, 0.1) is 6.20 Å². The number of nitrogens with one attached hydrogen (secondary N) is 1. The standard InChI is InChI=1S/C4H6N2O3S.ClH/c1-3-5-2-4(6-3)10(7,8)9;/h2H,1H3,(H,5,6)(H,7,8,9);1H. The number of hydrogen-bond donors (Lipinski definition) is 2. The Morgan fingerprint density at radius 3 is 2.36 bits per heavy atom. The van der Waals surface area contributed by atoms with Crippen LogP contribution in [0.3, 0.4) is 0 Å². The summed E-state index contributed by atoms with van der Waals surface area (Å²) in [5.74, 6) is 0.452. The fraction of sp³-hybridized carbons (Fsp3) is 0.250. The maximum absolute atomic E-state index is 10.3. The summed E-state index contributed by atoms with van der Waals surface area (Å²) in [6, 6.07) is 0. The Morgan fingerprint density at radius 1 is 1.64 bits per heavy atom. The number of aromatic amines is 1. The third kappa shape index (κ3) is 2.49. The van der Waals surface area contributed by atoms with Gasteiger partial charge in [0.15, 0.2) is 5.03 Å². The van der Waals surface area contributed by atoms with Gasteiger partial charge in [-0.2, -0.15) is 8.42 Å². The van der Waals surface area contributed by atoms with E-state index in [4.69, 9.17) is 4.55 Å². The Balaban J connectivity index is 0.000001000. The number of halogens is 1. The highest BCUT2D eigenvalue weighted by Crippen LogP contribution is 2.02. The minimum Gasteiger partial charge on any atom is -0.331 e. The van der Waals surface area contributed by atoms with Crippen LogP contribution in [0.2, 0.25) is 0 Å². The van der Waals surface area contributed by atoms with E-state index in [9.17, 15) is 8.42 Å². The molecule has 0 aliphatic heterocycles. The molecule has 0 spiro atoms. The van der Waals surface area contributed by atoms with Gasteiger partial charge >= 0.3 is 10.1 Å². The molecule has 0 aromatic carbocycles. The SMILES string of the molecule is Cc1ncc(S(=O)(=O)O)[nH]1.Cl. The van der Waals surface area contributed by atoms with Gasteiger partial charge in [-0.25, -0.2) is 4.98 Å². The zero-order valence-electron chi connectivity index (χ0n) is 5.60. The molecule has 0 radical (unpaired) electrons. The van der Waals surface area contributed by atoms with Gasteiger partial charge in [0, 0.05) is 0 Å². The quantitative estimate of drug-likeness (QED) is 0.640. The normalized spacial score (nSPS) is 10.7. The van der Waals surface area contributed by atoms with Gasteiger partial charge in [-0.1, -0.05) is 0 Å². The Labute approximate surface area is 70.0 Å². The lowest BCUT2D eigenvalue weighted by molar-refractivity contribution is 0.479. The van der Waals surface area contributed by atoms with E-state index in [1.807, 2.05) is 0 Å². The van der Waals surface area contributed by atoms with Crippen LogP contribution in [0.4, 0.5) is 0 Å². The molecule has 0 saturated carbocycles. The first-order valence-corrected chi connectivity index (χ1v) is 3.93. The first-order valence-electron chi connectivity index (χ1n) is 2.49. The van der Waals surface area contributed by atoms with E-state index in [0.29, 0.717) is 5.82 Å². The second-order valence-corrected chi connectivity index (χ2v) is 3.20. The second-order valence-electron chi connectivity index (χ2n) is 1.81. The summed E-state index contributed by atoms with van der Waals surface area (Å²) in [7, 11) is -4.10. The number of rotatable bonds is 1. The molecule has 0 unspecified atom stereocenters. The van der Waals surface area contributed by atoms with Gasteiger partial charge in [0.1, 0.15) is 5.82 Å². The van der Waals surface area contributed by atoms with Crippen molar-refractivity contribution in [3.8, 4) is 0 Å². The highest BCUT2D eigenvalue weighted by atomic mass is 35.5. The predicted octanol–water partition coefficient (Wildman–Crippen LogP) is 0.387. The lowest BCUT2D eigenvalue weighted by Gasteiger charge is -1.86. The van der Waals surface area contributed by atoms with Gasteiger partial charge in [0.2, 0.25) is 0 Å². The van der Waals surface area contributed by atoms with Crippen LogP contribution in [0.25, 0.3) is 0 Å². The van der Waals surface area contributed by atoms with E-state index >= 15 is 0 Å². The number of H-pyrrole nitrogens is 1. The molecule has 0 saturated heterocycles. The van der Waals surface area contributed by atoms with Crippen molar-refractivity contribution < 1.29 is 13.0 Å². The smallest absolute Gasteiger partial charge is 0.311 e. The molecule has 0 aliphatic rings. The molecule has 0 fully saturated rings. The van der Waals surface area contributed by atoms with Crippen molar-refractivity contribution in [2.45, 2.75) is 11.9 Å². The number of nitrogens with zero attached hydrogens (tertiary/aromatic N) is 1. The number of aryl methyl sites for hydroxylation is 1. The van der Waals surface area contributed by atoms with E-state index in [-0.39, 0.29) is 17.4 Å². The molecular weight excluding hydrogens is 192 g/mol. The molecule has 64 valence electrons. The molecule has 7 heteroatoms. The molecule has 0 atom stereocenters. The summed E-state index contributed by atoms with van der Waals surface area (Å²) < 4.78 is 29.1. The summed E-state index contributed by atoms with van der Waals surface area (Å²) in [6.07, 6.45) is 1.06. The molecule has 0 amide bonds. The summed E-state index contributed by atoms with van der Waals surface area (Å²) in [5.41, 5.74) is 0.